The third kappa shape index (κ3) is 7.28. The van der Waals surface area contributed by atoms with Gasteiger partial charge in [-0.2, -0.15) is 0 Å². The highest BCUT2D eigenvalue weighted by atomic mass is 127. The molecule has 0 radical (unpaired) electrons. The van der Waals surface area contributed by atoms with Crippen molar-refractivity contribution in [1.29, 1.82) is 0 Å². The number of rotatable bonds is 9. The van der Waals surface area contributed by atoms with Gasteiger partial charge in [-0.3, -0.25) is 9.56 Å². The smallest absolute Gasteiger partial charge is 0.191 e. The van der Waals surface area contributed by atoms with Crippen LogP contribution in [0, 0.1) is 6.92 Å². The Morgan fingerprint density at radius 3 is 2.69 bits per heavy atom. The van der Waals surface area contributed by atoms with Gasteiger partial charge in [-0.1, -0.05) is 6.07 Å². The van der Waals surface area contributed by atoms with Gasteiger partial charge in [0.05, 0.1) is 0 Å². The Bertz CT molecular complexity index is 656. The van der Waals surface area contributed by atoms with E-state index in [1.807, 2.05) is 36.9 Å². The molecule has 144 valence electrons. The Balaban J connectivity index is 0.00000338. The predicted octanol–water partition coefficient (Wildman–Crippen LogP) is 2.68. The van der Waals surface area contributed by atoms with Crippen molar-refractivity contribution in [2.75, 3.05) is 26.8 Å². The van der Waals surface area contributed by atoms with Crippen molar-refractivity contribution in [1.82, 2.24) is 25.2 Å². The molecule has 2 rings (SSSR count). The van der Waals surface area contributed by atoms with Crippen molar-refractivity contribution >= 4 is 29.9 Å². The Morgan fingerprint density at radius 1 is 1.23 bits per heavy atom. The van der Waals surface area contributed by atoms with Crippen LogP contribution in [0.15, 0.2) is 35.7 Å². The molecule has 0 fully saturated rings. The number of unbranched alkanes of at least 4 members (excludes halogenated alkanes) is 1. The molecule has 0 spiro atoms. The number of hydrogen-bond donors (Lipinski definition) is 2. The first kappa shape index (κ1) is 22.4. The second kappa shape index (κ2) is 12.6. The maximum absolute atomic E-state index is 5.33. The number of halogens is 1. The van der Waals surface area contributed by atoms with Gasteiger partial charge in [0.25, 0.3) is 0 Å². The first-order valence-corrected chi connectivity index (χ1v) is 8.72. The van der Waals surface area contributed by atoms with E-state index in [1.54, 1.807) is 13.2 Å². The van der Waals surface area contributed by atoms with Gasteiger partial charge in [-0.25, -0.2) is 9.97 Å². The van der Waals surface area contributed by atoms with Crippen LogP contribution in [0.2, 0.25) is 0 Å². The molecule has 2 heterocycles. The zero-order valence-electron chi connectivity index (χ0n) is 15.7. The molecule has 0 saturated heterocycles. The second-order valence-electron chi connectivity index (χ2n) is 5.63. The third-order valence-electron chi connectivity index (χ3n) is 3.78. The van der Waals surface area contributed by atoms with Gasteiger partial charge in [0.15, 0.2) is 5.96 Å². The molecule has 2 aromatic heterocycles. The quantitative estimate of drug-likeness (QED) is 0.254. The van der Waals surface area contributed by atoms with E-state index in [-0.39, 0.29) is 24.0 Å². The molecule has 0 aromatic carbocycles. The van der Waals surface area contributed by atoms with E-state index in [0.717, 1.165) is 55.8 Å². The largest absolute Gasteiger partial charge is 0.382 e. The van der Waals surface area contributed by atoms with Gasteiger partial charge < -0.3 is 15.4 Å². The molecule has 2 aromatic rings. The Hall–Kier alpha value is -1.68. The van der Waals surface area contributed by atoms with Crippen LogP contribution in [0.3, 0.4) is 0 Å². The van der Waals surface area contributed by atoms with E-state index in [9.17, 15) is 0 Å². The summed E-state index contributed by atoms with van der Waals surface area (Å²) in [6.45, 7) is 7.13. The van der Waals surface area contributed by atoms with Crippen LogP contribution in [-0.2, 0) is 11.3 Å². The maximum atomic E-state index is 5.33. The van der Waals surface area contributed by atoms with E-state index in [4.69, 9.17) is 4.74 Å². The van der Waals surface area contributed by atoms with Crippen molar-refractivity contribution in [2.45, 2.75) is 33.2 Å². The van der Waals surface area contributed by atoms with E-state index >= 15 is 0 Å². The van der Waals surface area contributed by atoms with Gasteiger partial charge in [0, 0.05) is 51.9 Å². The van der Waals surface area contributed by atoms with Crippen molar-refractivity contribution < 1.29 is 4.74 Å². The molecule has 2 N–H and O–H groups in total. The number of hydrogen-bond acceptors (Lipinski definition) is 4. The highest BCUT2D eigenvalue weighted by molar-refractivity contribution is 14.0. The molecule has 8 heteroatoms. The lowest BCUT2D eigenvalue weighted by Gasteiger charge is -2.12. The van der Waals surface area contributed by atoms with Gasteiger partial charge in [0.2, 0.25) is 0 Å². The second-order valence-corrected chi connectivity index (χ2v) is 5.63. The summed E-state index contributed by atoms with van der Waals surface area (Å²) in [5.74, 6) is 2.59. The van der Waals surface area contributed by atoms with Crippen LogP contribution in [0.4, 0.5) is 0 Å². The Kier molecular flexibility index (Phi) is 10.9. The van der Waals surface area contributed by atoms with Gasteiger partial charge in [0.1, 0.15) is 11.6 Å². The summed E-state index contributed by atoms with van der Waals surface area (Å²) in [6.07, 6.45) is 7.67. The summed E-state index contributed by atoms with van der Waals surface area (Å²) in [5.41, 5.74) is 1.10. The minimum absolute atomic E-state index is 0. The molecule has 0 unspecified atom stereocenters. The number of aliphatic imine (C=N–C) groups is 1. The topological polar surface area (TPSA) is 76.4 Å². The van der Waals surface area contributed by atoms with Gasteiger partial charge in [-0.15, -0.1) is 24.0 Å². The van der Waals surface area contributed by atoms with Crippen LogP contribution in [0.1, 0.15) is 31.2 Å². The van der Waals surface area contributed by atoms with Crippen molar-refractivity contribution in [3.05, 3.63) is 42.1 Å². The molecule has 0 bridgehead atoms. The summed E-state index contributed by atoms with van der Waals surface area (Å²) in [7, 11) is 1.78. The number of pyridine rings is 1. The summed E-state index contributed by atoms with van der Waals surface area (Å²) in [4.78, 5) is 13.0. The standard InChI is InChI=1S/C18H28N6O.HI/c1-4-25-12-6-5-9-21-18(19-3)23-14-16-7-8-17(22-13-16)24-11-10-20-15(24)2;/h7-8,10-11,13H,4-6,9,12,14H2,1-3H3,(H2,19,21,23);1H. The molecule has 0 amide bonds. The number of nitrogens with zero attached hydrogens (tertiary/aromatic N) is 4. The molecule has 0 aliphatic rings. The lowest BCUT2D eigenvalue weighted by atomic mass is 10.3. The van der Waals surface area contributed by atoms with Crippen LogP contribution in [0.5, 0.6) is 0 Å². The minimum atomic E-state index is 0. The molecule has 0 atom stereocenters. The fourth-order valence-corrected chi connectivity index (χ4v) is 2.37. The van der Waals surface area contributed by atoms with E-state index in [2.05, 4.69) is 31.7 Å². The maximum Gasteiger partial charge on any atom is 0.191 e. The van der Waals surface area contributed by atoms with E-state index in [1.165, 1.54) is 0 Å². The monoisotopic (exact) mass is 472 g/mol. The average Bonchev–Trinajstić information content (AvgIpc) is 3.07. The Labute approximate surface area is 172 Å². The minimum Gasteiger partial charge on any atom is -0.382 e. The summed E-state index contributed by atoms with van der Waals surface area (Å²) in [5, 5.41) is 6.61. The van der Waals surface area contributed by atoms with Crippen LogP contribution >= 0.6 is 24.0 Å². The number of nitrogens with one attached hydrogen (secondary N) is 2. The summed E-state index contributed by atoms with van der Waals surface area (Å²) >= 11 is 0. The van der Waals surface area contributed by atoms with Crippen LogP contribution in [-0.4, -0.2) is 47.3 Å². The first-order chi connectivity index (χ1) is 12.2. The summed E-state index contributed by atoms with van der Waals surface area (Å²) in [6, 6.07) is 4.06. The lowest BCUT2D eigenvalue weighted by molar-refractivity contribution is 0.143. The molecular weight excluding hydrogens is 443 g/mol. The first-order valence-electron chi connectivity index (χ1n) is 8.72. The Morgan fingerprint density at radius 2 is 2.08 bits per heavy atom. The van der Waals surface area contributed by atoms with Crippen molar-refractivity contribution in [3.8, 4) is 5.82 Å². The van der Waals surface area contributed by atoms with Crippen LogP contribution < -0.4 is 10.6 Å². The SMILES string of the molecule is CCOCCCCNC(=NC)NCc1ccc(-n2ccnc2C)nc1.I. The van der Waals surface area contributed by atoms with Crippen LogP contribution in [0.25, 0.3) is 5.82 Å². The molecule has 0 saturated carbocycles. The zero-order valence-corrected chi connectivity index (χ0v) is 18.1. The van der Waals surface area contributed by atoms with Crippen molar-refractivity contribution in [2.24, 2.45) is 4.99 Å². The summed E-state index contributed by atoms with van der Waals surface area (Å²) < 4.78 is 7.29. The van der Waals surface area contributed by atoms with Gasteiger partial charge in [-0.05, 0) is 38.3 Å². The highest BCUT2D eigenvalue weighted by Gasteiger charge is 2.03. The average molecular weight is 472 g/mol. The fraction of sp³-hybridized carbons (Fsp3) is 0.500. The molecule has 0 aliphatic carbocycles. The number of guanidine groups is 1. The predicted molar refractivity (Wildman–Crippen MR) is 115 cm³/mol. The highest BCUT2D eigenvalue weighted by Crippen LogP contribution is 2.08. The molecular formula is C18H29IN6O. The number of aryl methyl sites for hydroxylation is 1. The van der Waals surface area contributed by atoms with E-state index in [0.29, 0.717) is 6.54 Å². The normalized spacial score (nSPS) is 11.1. The molecule has 7 nitrogen and oxygen atoms in total. The fourth-order valence-electron chi connectivity index (χ4n) is 2.37. The molecule has 26 heavy (non-hydrogen) atoms. The third-order valence-corrected chi connectivity index (χ3v) is 3.78. The zero-order chi connectivity index (χ0) is 17.9. The lowest BCUT2D eigenvalue weighted by Crippen LogP contribution is -2.37. The number of ether oxygens (including phenoxy) is 1. The molecule has 0 aliphatic heterocycles. The van der Waals surface area contributed by atoms with Gasteiger partial charge >= 0.3 is 0 Å². The number of aromatic nitrogens is 3. The number of imidazole rings is 1. The van der Waals surface area contributed by atoms with Crippen molar-refractivity contribution in [3.63, 3.8) is 0 Å². The van der Waals surface area contributed by atoms with E-state index < -0.39 is 0 Å².